The highest BCUT2D eigenvalue weighted by Gasteiger charge is 2.14. The van der Waals surface area contributed by atoms with Crippen molar-refractivity contribution in [3.8, 4) is 0 Å². The summed E-state index contributed by atoms with van der Waals surface area (Å²) in [7, 11) is 0. The Morgan fingerprint density at radius 3 is 3.05 bits per heavy atom. The first-order chi connectivity index (χ1) is 9.61. The fraction of sp³-hybridized carbons (Fsp3) is 0.357. The quantitative estimate of drug-likeness (QED) is 0.762. The van der Waals surface area contributed by atoms with Crippen molar-refractivity contribution in [2.45, 2.75) is 26.0 Å². The van der Waals surface area contributed by atoms with Gasteiger partial charge in [-0.3, -0.25) is 4.79 Å². The molecule has 20 heavy (non-hydrogen) atoms. The highest BCUT2D eigenvalue weighted by Crippen LogP contribution is 2.16. The van der Waals surface area contributed by atoms with Gasteiger partial charge in [-0.2, -0.15) is 11.3 Å². The van der Waals surface area contributed by atoms with Crippen molar-refractivity contribution in [3.05, 3.63) is 40.3 Å². The number of aliphatic hydroxyl groups is 1. The minimum atomic E-state index is -0.683. The maximum Gasteiger partial charge on any atom is 0.268 e. The summed E-state index contributed by atoms with van der Waals surface area (Å²) in [5, 5.41) is 16.4. The van der Waals surface area contributed by atoms with E-state index in [1.165, 1.54) is 11.3 Å². The Morgan fingerprint density at radius 2 is 2.40 bits per heavy atom. The molecule has 0 radical (unpaired) electrons. The largest absolute Gasteiger partial charge is 0.397 e. The average molecular weight is 293 g/mol. The molecule has 5 nitrogen and oxygen atoms in total. The number of nitrogens with one attached hydrogen (secondary N) is 1. The summed E-state index contributed by atoms with van der Waals surface area (Å²) < 4.78 is 1.83. The molecule has 0 aliphatic rings. The van der Waals surface area contributed by atoms with Crippen LogP contribution in [-0.2, 0) is 6.54 Å². The second kappa shape index (κ2) is 6.58. The third kappa shape index (κ3) is 3.40. The van der Waals surface area contributed by atoms with Crippen molar-refractivity contribution in [2.24, 2.45) is 0 Å². The summed E-state index contributed by atoms with van der Waals surface area (Å²) in [4.78, 5) is 12.1. The van der Waals surface area contributed by atoms with Crippen LogP contribution < -0.4 is 11.1 Å². The molecular formula is C14H19N3O2S. The van der Waals surface area contributed by atoms with Crippen LogP contribution in [0.5, 0.6) is 0 Å². The molecule has 2 aromatic rings. The number of nitrogens with zero attached hydrogens (tertiary/aromatic N) is 1. The van der Waals surface area contributed by atoms with Gasteiger partial charge < -0.3 is 20.7 Å². The lowest BCUT2D eigenvalue weighted by molar-refractivity contribution is 0.0907. The van der Waals surface area contributed by atoms with Crippen LogP contribution in [0, 0.1) is 0 Å². The number of aliphatic hydroxyl groups excluding tert-OH is 1. The van der Waals surface area contributed by atoms with Crippen molar-refractivity contribution in [2.75, 3.05) is 12.3 Å². The minimum absolute atomic E-state index is 0.187. The molecule has 2 rings (SSSR count). The molecule has 2 heterocycles. The topological polar surface area (TPSA) is 80.3 Å². The molecule has 4 N–H and O–H groups in total. The molecule has 108 valence electrons. The average Bonchev–Trinajstić information content (AvgIpc) is 3.05. The highest BCUT2D eigenvalue weighted by molar-refractivity contribution is 7.07. The number of amides is 1. The van der Waals surface area contributed by atoms with Gasteiger partial charge in [0.1, 0.15) is 5.69 Å². The van der Waals surface area contributed by atoms with E-state index in [2.05, 4.69) is 5.32 Å². The Bertz CT molecular complexity index is 563. The van der Waals surface area contributed by atoms with E-state index in [-0.39, 0.29) is 12.5 Å². The molecule has 0 bridgehead atoms. The number of nitrogens with two attached hydrogens (primary N) is 1. The van der Waals surface area contributed by atoms with Gasteiger partial charge in [0.15, 0.2) is 0 Å². The van der Waals surface area contributed by atoms with Gasteiger partial charge in [0.05, 0.1) is 11.8 Å². The first-order valence-corrected chi connectivity index (χ1v) is 7.50. The van der Waals surface area contributed by atoms with Crippen LogP contribution in [0.1, 0.15) is 35.5 Å². The fourth-order valence-electron chi connectivity index (χ4n) is 2.01. The van der Waals surface area contributed by atoms with Crippen molar-refractivity contribution in [3.63, 3.8) is 0 Å². The van der Waals surface area contributed by atoms with E-state index in [1.54, 1.807) is 12.3 Å². The van der Waals surface area contributed by atoms with Crippen molar-refractivity contribution in [1.82, 2.24) is 9.88 Å². The summed E-state index contributed by atoms with van der Waals surface area (Å²) in [5.74, 6) is -0.218. The Balaban J connectivity index is 1.98. The molecule has 0 spiro atoms. The summed E-state index contributed by atoms with van der Waals surface area (Å²) in [6, 6.07) is 3.50. The van der Waals surface area contributed by atoms with Gasteiger partial charge in [0.25, 0.3) is 5.91 Å². The number of thiophene rings is 1. The number of hydrogen-bond acceptors (Lipinski definition) is 4. The van der Waals surface area contributed by atoms with Gasteiger partial charge in [-0.05, 0) is 34.9 Å². The maximum atomic E-state index is 12.1. The molecule has 0 saturated carbocycles. The number of aryl methyl sites for hydroxylation is 1. The van der Waals surface area contributed by atoms with Crippen molar-refractivity contribution >= 4 is 22.9 Å². The lowest BCUT2D eigenvalue weighted by Crippen LogP contribution is -2.29. The van der Waals surface area contributed by atoms with Gasteiger partial charge in [-0.15, -0.1) is 0 Å². The number of rotatable bonds is 6. The Kier molecular flexibility index (Phi) is 4.81. The molecule has 0 saturated heterocycles. The van der Waals surface area contributed by atoms with Gasteiger partial charge in [0, 0.05) is 19.3 Å². The number of carbonyl (C=O) groups is 1. The maximum absolute atomic E-state index is 12.1. The zero-order chi connectivity index (χ0) is 14.5. The third-order valence-electron chi connectivity index (χ3n) is 3.00. The Morgan fingerprint density at radius 1 is 1.60 bits per heavy atom. The number of hydrogen-bond donors (Lipinski definition) is 3. The molecular weight excluding hydrogens is 274 g/mol. The normalized spacial score (nSPS) is 12.3. The van der Waals surface area contributed by atoms with E-state index >= 15 is 0 Å². The van der Waals surface area contributed by atoms with Gasteiger partial charge in [0.2, 0.25) is 0 Å². The zero-order valence-corrected chi connectivity index (χ0v) is 12.2. The standard InChI is InChI=1S/C14H19N3O2S/c1-2-4-17-8-11(15)6-12(17)14(19)16-7-13(18)10-3-5-20-9-10/h3,5-6,8-9,13,18H,2,4,7,15H2,1H3,(H,16,19). The Labute approximate surface area is 122 Å². The van der Waals surface area contributed by atoms with E-state index in [4.69, 9.17) is 5.73 Å². The van der Waals surface area contributed by atoms with Crippen molar-refractivity contribution < 1.29 is 9.90 Å². The molecule has 0 aromatic carbocycles. The van der Waals surface area contributed by atoms with Gasteiger partial charge >= 0.3 is 0 Å². The lowest BCUT2D eigenvalue weighted by Gasteiger charge is -2.12. The molecule has 0 fully saturated rings. The van der Waals surface area contributed by atoms with E-state index in [0.29, 0.717) is 11.4 Å². The van der Waals surface area contributed by atoms with Gasteiger partial charge in [-0.1, -0.05) is 6.92 Å². The van der Waals surface area contributed by atoms with E-state index < -0.39 is 6.10 Å². The summed E-state index contributed by atoms with van der Waals surface area (Å²) in [6.07, 6.45) is 2.00. The van der Waals surface area contributed by atoms with Crippen LogP contribution in [0.25, 0.3) is 0 Å². The molecule has 0 aliphatic carbocycles. The van der Waals surface area contributed by atoms with Crippen molar-refractivity contribution in [1.29, 1.82) is 0 Å². The first kappa shape index (κ1) is 14.6. The van der Waals surface area contributed by atoms with Crippen LogP contribution >= 0.6 is 11.3 Å². The van der Waals surface area contributed by atoms with E-state index in [1.807, 2.05) is 28.3 Å². The predicted molar refractivity (Wildman–Crippen MR) is 80.7 cm³/mol. The second-order valence-corrected chi connectivity index (χ2v) is 5.41. The monoisotopic (exact) mass is 293 g/mol. The first-order valence-electron chi connectivity index (χ1n) is 6.55. The molecule has 1 unspecified atom stereocenters. The summed E-state index contributed by atoms with van der Waals surface area (Å²) >= 11 is 1.52. The molecule has 1 amide bonds. The molecule has 2 aromatic heterocycles. The summed E-state index contributed by atoms with van der Waals surface area (Å²) in [6.45, 7) is 2.97. The second-order valence-electron chi connectivity index (χ2n) is 4.63. The van der Waals surface area contributed by atoms with Gasteiger partial charge in [-0.25, -0.2) is 0 Å². The molecule has 0 aliphatic heterocycles. The summed E-state index contributed by atoms with van der Waals surface area (Å²) in [5.41, 5.74) is 7.65. The Hall–Kier alpha value is -1.79. The van der Waals surface area contributed by atoms with Crippen LogP contribution in [-0.4, -0.2) is 22.1 Å². The zero-order valence-electron chi connectivity index (χ0n) is 11.4. The molecule has 6 heteroatoms. The number of carbonyl (C=O) groups excluding carboxylic acids is 1. The van der Waals surface area contributed by atoms with Crippen LogP contribution in [0.15, 0.2) is 29.1 Å². The fourth-order valence-corrected chi connectivity index (χ4v) is 2.72. The number of nitrogen functional groups attached to an aromatic ring is 1. The third-order valence-corrected chi connectivity index (χ3v) is 3.70. The van der Waals surface area contributed by atoms with E-state index in [9.17, 15) is 9.90 Å². The number of anilines is 1. The van der Waals surface area contributed by atoms with Crippen LogP contribution in [0.3, 0.4) is 0 Å². The highest BCUT2D eigenvalue weighted by atomic mass is 32.1. The number of aromatic nitrogens is 1. The SMILES string of the molecule is CCCn1cc(N)cc1C(=O)NCC(O)c1ccsc1. The van der Waals surface area contributed by atoms with Crippen LogP contribution in [0.4, 0.5) is 5.69 Å². The lowest BCUT2D eigenvalue weighted by atomic mass is 10.2. The van der Waals surface area contributed by atoms with Crippen LogP contribution in [0.2, 0.25) is 0 Å². The minimum Gasteiger partial charge on any atom is -0.397 e. The predicted octanol–water partition coefficient (Wildman–Crippen LogP) is 2.01. The molecule has 1 atom stereocenters. The smallest absolute Gasteiger partial charge is 0.268 e. The van der Waals surface area contributed by atoms with E-state index in [0.717, 1.165) is 18.5 Å².